The Morgan fingerprint density at radius 1 is 0.897 bits per heavy atom. The number of nitrogens with one attached hydrogen (secondary N) is 4. The molecule has 0 aliphatic carbocycles. The number of carbonyl (C=O) groups excluding carboxylic acids is 3. The molecule has 2 rings (SSSR count). The second-order valence-corrected chi connectivity index (χ2v) is 9.51. The van der Waals surface area contributed by atoms with Gasteiger partial charge in [0.05, 0.1) is 18.8 Å². The third-order valence-electron chi connectivity index (χ3n) is 5.68. The van der Waals surface area contributed by atoms with Crippen molar-refractivity contribution in [1.29, 1.82) is 0 Å². The highest BCUT2D eigenvalue weighted by atomic mass is 16.4. The van der Waals surface area contributed by atoms with Crippen LogP contribution in [0.2, 0.25) is 0 Å². The Morgan fingerprint density at radius 3 is 1.97 bits per heavy atom. The maximum atomic E-state index is 13.4. The highest BCUT2D eigenvalue weighted by Gasteiger charge is 2.31. The molecule has 39 heavy (non-hydrogen) atoms. The number of H-pyrrole nitrogens is 1. The molecule has 9 N–H and O–H groups in total. The van der Waals surface area contributed by atoms with Gasteiger partial charge in [0.15, 0.2) is 0 Å². The smallest absolute Gasteiger partial charge is 0.326 e. The first-order valence-electron chi connectivity index (χ1n) is 12.2. The summed E-state index contributed by atoms with van der Waals surface area (Å²) in [6.07, 6.45) is 2.20. The molecule has 212 valence electrons. The van der Waals surface area contributed by atoms with Crippen molar-refractivity contribution in [3.63, 3.8) is 0 Å². The van der Waals surface area contributed by atoms with Crippen molar-refractivity contribution < 1.29 is 39.3 Å². The lowest BCUT2D eigenvalue weighted by Crippen LogP contribution is -2.58. The summed E-state index contributed by atoms with van der Waals surface area (Å²) in [6, 6.07) is 0.574. The minimum absolute atomic E-state index is 0.0176. The van der Waals surface area contributed by atoms with Gasteiger partial charge in [-0.15, -0.1) is 0 Å². The van der Waals surface area contributed by atoms with Crippen LogP contribution < -0.4 is 21.7 Å². The van der Waals surface area contributed by atoms with Crippen molar-refractivity contribution in [2.24, 2.45) is 11.7 Å². The second kappa shape index (κ2) is 14.5. The van der Waals surface area contributed by atoms with E-state index in [1.807, 2.05) is 13.8 Å². The van der Waals surface area contributed by atoms with Crippen LogP contribution in [0.1, 0.15) is 37.9 Å². The lowest BCUT2D eigenvalue weighted by molar-refractivity contribution is -0.147. The van der Waals surface area contributed by atoms with Crippen molar-refractivity contribution in [3.8, 4) is 5.75 Å². The molecule has 3 amide bonds. The van der Waals surface area contributed by atoms with E-state index >= 15 is 0 Å². The van der Waals surface area contributed by atoms with Gasteiger partial charge in [0.25, 0.3) is 0 Å². The molecule has 0 saturated carbocycles. The number of aromatic amines is 1. The minimum atomic E-state index is -1.75. The van der Waals surface area contributed by atoms with Crippen molar-refractivity contribution in [3.05, 3.63) is 48.0 Å². The number of nitrogens with two attached hydrogens (primary N) is 1. The molecule has 2 aromatic rings. The number of nitrogens with zero attached hydrogens (tertiary/aromatic N) is 1. The molecular weight excluding hydrogens is 512 g/mol. The normalized spacial score (nSPS) is 14.1. The number of aliphatic carboxylic acids is 2. The molecule has 4 atom stereocenters. The number of benzene rings is 1. The minimum Gasteiger partial charge on any atom is -0.508 e. The fourth-order valence-corrected chi connectivity index (χ4v) is 3.72. The zero-order valence-corrected chi connectivity index (χ0v) is 21.6. The predicted octanol–water partition coefficient (Wildman–Crippen LogP) is -0.712. The first-order chi connectivity index (χ1) is 18.3. The number of hydrogen-bond donors (Lipinski definition) is 8. The van der Waals surface area contributed by atoms with E-state index in [9.17, 15) is 34.2 Å². The van der Waals surface area contributed by atoms with Crippen molar-refractivity contribution in [2.45, 2.75) is 63.7 Å². The van der Waals surface area contributed by atoms with E-state index in [4.69, 9.17) is 10.8 Å². The Balaban J connectivity index is 2.30. The standard InChI is InChI=1S/C25H34N6O8/c1-13(2)7-17(26)22(35)29-19(9-15-11-27-12-28-15)24(37)30-18(8-14-3-5-16(32)6-4-14)23(36)31-20(25(38)39)10-21(33)34/h3-6,11-13,17-20,32H,7-10,26H2,1-2H3,(H,27,28)(H,29,35)(H,30,37)(H,31,36)(H,33,34)(H,38,39). The van der Waals surface area contributed by atoms with E-state index in [0.717, 1.165) is 0 Å². The zero-order chi connectivity index (χ0) is 29.1. The van der Waals surface area contributed by atoms with E-state index < -0.39 is 60.2 Å². The van der Waals surface area contributed by atoms with Crippen LogP contribution in [0.3, 0.4) is 0 Å². The fraction of sp³-hybridized carbons (Fsp3) is 0.440. The fourth-order valence-electron chi connectivity index (χ4n) is 3.72. The molecule has 0 radical (unpaired) electrons. The third kappa shape index (κ3) is 10.4. The average Bonchev–Trinajstić information content (AvgIpc) is 3.36. The molecule has 0 spiro atoms. The molecule has 14 nitrogen and oxygen atoms in total. The number of amides is 3. The van der Waals surface area contributed by atoms with Gasteiger partial charge in [-0.3, -0.25) is 19.2 Å². The van der Waals surface area contributed by atoms with Gasteiger partial charge < -0.3 is 42.0 Å². The van der Waals surface area contributed by atoms with Gasteiger partial charge in [-0.05, 0) is 30.0 Å². The first-order valence-corrected chi connectivity index (χ1v) is 12.2. The van der Waals surface area contributed by atoms with Crippen LogP contribution in [0.5, 0.6) is 5.75 Å². The number of aromatic hydroxyl groups is 1. The Morgan fingerprint density at radius 2 is 1.46 bits per heavy atom. The lowest BCUT2D eigenvalue weighted by Gasteiger charge is -2.25. The highest BCUT2D eigenvalue weighted by Crippen LogP contribution is 2.12. The summed E-state index contributed by atoms with van der Waals surface area (Å²) < 4.78 is 0. The molecule has 0 aliphatic rings. The van der Waals surface area contributed by atoms with Crippen LogP contribution in [0.15, 0.2) is 36.8 Å². The summed E-state index contributed by atoms with van der Waals surface area (Å²) in [5.74, 6) is -5.21. The predicted molar refractivity (Wildman–Crippen MR) is 137 cm³/mol. The summed E-state index contributed by atoms with van der Waals surface area (Å²) in [5, 5.41) is 35.2. The quantitative estimate of drug-likeness (QED) is 0.140. The number of rotatable bonds is 15. The summed E-state index contributed by atoms with van der Waals surface area (Å²) >= 11 is 0. The van der Waals surface area contributed by atoms with Crippen LogP contribution >= 0.6 is 0 Å². The lowest BCUT2D eigenvalue weighted by atomic mass is 10.0. The molecule has 0 bridgehead atoms. The summed E-state index contributed by atoms with van der Waals surface area (Å²) in [4.78, 5) is 68.5. The van der Waals surface area contributed by atoms with Crippen LogP contribution in [-0.4, -0.2) is 79.1 Å². The SMILES string of the molecule is CC(C)CC(N)C(=O)NC(Cc1cnc[nH]1)C(=O)NC(Cc1ccc(O)cc1)C(=O)NC(CC(=O)O)C(=O)O. The number of imidazole rings is 1. The van der Waals surface area contributed by atoms with E-state index in [-0.39, 0.29) is 24.5 Å². The highest BCUT2D eigenvalue weighted by molar-refractivity contribution is 5.94. The van der Waals surface area contributed by atoms with Crippen molar-refractivity contribution >= 4 is 29.7 Å². The Kier molecular flexibility index (Phi) is 11.4. The van der Waals surface area contributed by atoms with Gasteiger partial charge >= 0.3 is 11.9 Å². The second-order valence-electron chi connectivity index (χ2n) is 9.51. The Hall–Kier alpha value is -4.46. The number of aromatic nitrogens is 2. The summed E-state index contributed by atoms with van der Waals surface area (Å²) in [7, 11) is 0. The number of carboxylic acid groups (broad SMARTS) is 2. The number of hydrogen-bond acceptors (Lipinski definition) is 8. The molecule has 1 heterocycles. The molecule has 0 saturated heterocycles. The van der Waals surface area contributed by atoms with Crippen LogP contribution in [-0.2, 0) is 36.8 Å². The molecule has 0 fully saturated rings. The van der Waals surface area contributed by atoms with Gasteiger partial charge in [0, 0.05) is 24.7 Å². The number of carboxylic acids is 2. The maximum absolute atomic E-state index is 13.4. The Labute approximate surface area is 224 Å². The molecule has 0 aliphatic heterocycles. The summed E-state index contributed by atoms with van der Waals surface area (Å²) in [5.41, 5.74) is 6.99. The molecule has 14 heteroatoms. The number of carbonyl (C=O) groups is 5. The number of phenols is 1. The van der Waals surface area contributed by atoms with E-state index in [1.165, 1.54) is 36.8 Å². The molecule has 1 aromatic heterocycles. The third-order valence-corrected chi connectivity index (χ3v) is 5.68. The largest absolute Gasteiger partial charge is 0.508 e. The number of phenolic OH excluding ortho intramolecular Hbond substituents is 1. The van der Waals surface area contributed by atoms with E-state index in [1.54, 1.807) is 0 Å². The van der Waals surface area contributed by atoms with Gasteiger partial charge in [-0.2, -0.15) is 0 Å². The molecule has 1 aromatic carbocycles. The molecular formula is C25H34N6O8. The zero-order valence-electron chi connectivity index (χ0n) is 21.6. The molecule has 4 unspecified atom stereocenters. The first kappa shape index (κ1) is 30.8. The van der Waals surface area contributed by atoms with Crippen LogP contribution in [0.4, 0.5) is 0 Å². The summed E-state index contributed by atoms with van der Waals surface area (Å²) in [6.45, 7) is 3.78. The van der Waals surface area contributed by atoms with Crippen LogP contribution in [0, 0.1) is 5.92 Å². The van der Waals surface area contributed by atoms with Crippen molar-refractivity contribution in [1.82, 2.24) is 25.9 Å². The topological polar surface area (TPSA) is 237 Å². The van der Waals surface area contributed by atoms with Crippen LogP contribution in [0.25, 0.3) is 0 Å². The van der Waals surface area contributed by atoms with Gasteiger partial charge in [-0.1, -0.05) is 26.0 Å². The van der Waals surface area contributed by atoms with Gasteiger partial charge in [-0.25, -0.2) is 9.78 Å². The Bertz CT molecular complexity index is 1140. The maximum Gasteiger partial charge on any atom is 0.326 e. The van der Waals surface area contributed by atoms with E-state index in [2.05, 4.69) is 25.9 Å². The van der Waals surface area contributed by atoms with Crippen molar-refractivity contribution in [2.75, 3.05) is 0 Å². The van der Waals surface area contributed by atoms with Gasteiger partial charge in [0.1, 0.15) is 23.9 Å². The van der Waals surface area contributed by atoms with E-state index in [0.29, 0.717) is 17.7 Å². The average molecular weight is 547 g/mol. The monoisotopic (exact) mass is 546 g/mol. The van der Waals surface area contributed by atoms with Gasteiger partial charge in [0.2, 0.25) is 17.7 Å².